The largest absolute Gasteiger partial charge is 0.492 e. The third kappa shape index (κ3) is 5.39. The number of methoxy groups -OCH3 is 1. The van der Waals surface area contributed by atoms with Gasteiger partial charge in [-0.05, 0) is 43.5 Å². The molecule has 0 spiro atoms. The summed E-state index contributed by atoms with van der Waals surface area (Å²) in [5.74, 6) is 0.741. The molecule has 0 heterocycles. The molecular weight excluding hydrogens is 238 g/mol. The summed E-state index contributed by atoms with van der Waals surface area (Å²) >= 11 is 6.11. The predicted octanol–water partition coefficient (Wildman–Crippen LogP) is 2.65. The van der Waals surface area contributed by atoms with Crippen LogP contribution in [0, 0.1) is 0 Å². The van der Waals surface area contributed by atoms with E-state index in [4.69, 9.17) is 26.8 Å². The Morgan fingerprint density at radius 1 is 1.24 bits per heavy atom. The highest BCUT2D eigenvalue weighted by molar-refractivity contribution is 6.32. The number of benzene rings is 1. The van der Waals surface area contributed by atoms with Gasteiger partial charge in [0.05, 0.1) is 11.6 Å². The van der Waals surface area contributed by atoms with Gasteiger partial charge in [0, 0.05) is 13.7 Å². The van der Waals surface area contributed by atoms with Crippen LogP contribution in [0.3, 0.4) is 0 Å². The second-order valence-corrected chi connectivity index (χ2v) is 4.26. The van der Waals surface area contributed by atoms with Crippen molar-refractivity contribution in [3.63, 3.8) is 0 Å². The number of hydrogen-bond donors (Lipinski definition) is 1. The van der Waals surface area contributed by atoms with Gasteiger partial charge in [-0.25, -0.2) is 0 Å². The fourth-order valence-electron chi connectivity index (χ4n) is 1.51. The van der Waals surface area contributed by atoms with Gasteiger partial charge in [-0.15, -0.1) is 0 Å². The molecule has 0 saturated carbocycles. The fourth-order valence-corrected chi connectivity index (χ4v) is 1.77. The lowest BCUT2D eigenvalue weighted by Crippen LogP contribution is -2.03. The molecule has 0 fully saturated rings. The first-order valence-electron chi connectivity index (χ1n) is 5.88. The predicted molar refractivity (Wildman–Crippen MR) is 70.8 cm³/mol. The van der Waals surface area contributed by atoms with Crippen molar-refractivity contribution in [2.75, 3.05) is 26.9 Å². The summed E-state index contributed by atoms with van der Waals surface area (Å²) < 4.78 is 10.6. The lowest BCUT2D eigenvalue weighted by molar-refractivity contribution is 0.184. The molecule has 0 aliphatic carbocycles. The molecule has 3 nitrogen and oxygen atoms in total. The lowest BCUT2D eigenvalue weighted by Gasteiger charge is -2.09. The van der Waals surface area contributed by atoms with Gasteiger partial charge in [0.25, 0.3) is 0 Å². The molecule has 0 aliphatic rings. The summed E-state index contributed by atoms with van der Waals surface area (Å²) in [6.07, 6.45) is 2.81. The summed E-state index contributed by atoms with van der Waals surface area (Å²) in [5, 5.41) is 0.655. The first-order chi connectivity index (χ1) is 8.27. The Morgan fingerprint density at radius 3 is 2.65 bits per heavy atom. The van der Waals surface area contributed by atoms with Crippen molar-refractivity contribution in [2.45, 2.75) is 19.3 Å². The second-order valence-electron chi connectivity index (χ2n) is 3.85. The SMILES string of the molecule is COCCCCOc1ccc(CCN)cc1Cl. The average molecular weight is 258 g/mol. The van der Waals surface area contributed by atoms with Crippen LogP contribution in [0.25, 0.3) is 0 Å². The van der Waals surface area contributed by atoms with E-state index in [1.165, 1.54) is 0 Å². The van der Waals surface area contributed by atoms with Crippen molar-refractivity contribution in [2.24, 2.45) is 5.73 Å². The van der Waals surface area contributed by atoms with Crippen LogP contribution in [-0.4, -0.2) is 26.9 Å². The standard InChI is InChI=1S/C13H20ClNO2/c1-16-8-2-3-9-17-13-5-4-11(6-7-15)10-12(13)14/h4-5,10H,2-3,6-9,15H2,1H3. The molecule has 0 amide bonds. The third-order valence-corrected chi connectivity index (χ3v) is 2.73. The zero-order valence-electron chi connectivity index (χ0n) is 10.2. The molecule has 2 N–H and O–H groups in total. The number of halogens is 1. The Balaban J connectivity index is 2.38. The van der Waals surface area contributed by atoms with Gasteiger partial charge in [0.2, 0.25) is 0 Å². The molecule has 0 bridgehead atoms. The molecule has 0 unspecified atom stereocenters. The van der Waals surface area contributed by atoms with Gasteiger partial charge < -0.3 is 15.2 Å². The average Bonchev–Trinajstić information content (AvgIpc) is 2.32. The Hall–Kier alpha value is -0.770. The van der Waals surface area contributed by atoms with E-state index in [9.17, 15) is 0 Å². The summed E-state index contributed by atoms with van der Waals surface area (Å²) in [4.78, 5) is 0. The lowest BCUT2D eigenvalue weighted by atomic mass is 10.1. The van der Waals surface area contributed by atoms with Crippen LogP contribution in [0.2, 0.25) is 5.02 Å². The molecule has 0 atom stereocenters. The van der Waals surface area contributed by atoms with E-state index in [1.807, 2.05) is 18.2 Å². The Labute approximate surface area is 108 Å². The van der Waals surface area contributed by atoms with E-state index in [-0.39, 0.29) is 0 Å². The molecule has 4 heteroatoms. The van der Waals surface area contributed by atoms with E-state index in [0.717, 1.165) is 37.2 Å². The van der Waals surface area contributed by atoms with Crippen LogP contribution >= 0.6 is 11.6 Å². The fraction of sp³-hybridized carbons (Fsp3) is 0.538. The van der Waals surface area contributed by atoms with E-state index < -0.39 is 0 Å². The van der Waals surface area contributed by atoms with Crippen LogP contribution in [-0.2, 0) is 11.2 Å². The minimum Gasteiger partial charge on any atom is -0.492 e. The number of ether oxygens (including phenoxy) is 2. The van der Waals surface area contributed by atoms with Crippen LogP contribution in [0.15, 0.2) is 18.2 Å². The molecule has 17 heavy (non-hydrogen) atoms. The molecular formula is C13H20ClNO2. The van der Waals surface area contributed by atoms with Gasteiger partial charge in [-0.3, -0.25) is 0 Å². The van der Waals surface area contributed by atoms with Crippen LogP contribution < -0.4 is 10.5 Å². The van der Waals surface area contributed by atoms with Crippen molar-refractivity contribution in [1.29, 1.82) is 0 Å². The monoisotopic (exact) mass is 257 g/mol. The number of rotatable bonds is 8. The van der Waals surface area contributed by atoms with Crippen molar-refractivity contribution in [3.05, 3.63) is 28.8 Å². The van der Waals surface area contributed by atoms with E-state index in [0.29, 0.717) is 18.2 Å². The quantitative estimate of drug-likeness (QED) is 0.728. The van der Waals surface area contributed by atoms with Crippen LogP contribution in [0.1, 0.15) is 18.4 Å². The van der Waals surface area contributed by atoms with E-state index in [2.05, 4.69) is 0 Å². The molecule has 0 aromatic heterocycles. The Kier molecular flexibility index (Phi) is 7.01. The highest BCUT2D eigenvalue weighted by Gasteiger charge is 2.02. The van der Waals surface area contributed by atoms with Gasteiger partial charge in [-0.1, -0.05) is 17.7 Å². The van der Waals surface area contributed by atoms with Crippen molar-refractivity contribution < 1.29 is 9.47 Å². The maximum atomic E-state index is 6.11. The third-order valence-electron chi connectivity index (χ3n) is 2.43. The molecule has 96 valence electrons. The molecule has 0 saturated heterocycles. The Bertz CT molecular complexity index is 331. The zero-order chi connectivity index (χ0) is 12.5. The van der Waals surface area contributed by atoms with Gasteiger partial charge in [0.15, 0.2) is 0 Å². The van der Waals surface area contributed by atoms with Gasteiger partial charge in [0.1, 0.15) is 5.75 Å². The minimum absolute atomic E-state index is 0.632. The summed E-state index contributed by atoms with van der Waals surface area (Å²) in [7, 11) is 1.70. The first-order valence-corrected chi connectivity index (χ1v) is 6.26. The number of nitrogens with two attached hydrogens (primary N) is 1. The summed E-state index contributed by atoms with van der Waals surface area (Å²) in [6, 6.07) is 5.83. The molecule has 0 aliphatic heterocycles. The summed E-state index contributed by atoms with van der Waals surface area (Å²) in [5.41, 5.74) is 6.63. The summed E-state index contributed by atoms with van der Waals surface area (Å²) in [6.45, 7) is 2.07. The van der Waals surface area contributed by atoms with Gasteiger partial charge in [-0.2, -0.15) is 0 Å². The highest BCUT2D eigenvalue weighted by Crippen LogP contribution is 2.25. The Morgan fingerprint density at radius 2 is 2.00 bits per heavy atom. The number of hydrogen-bond acceptors (Lipinski definition) is 3. The normalized spacial score (nSPS) is 10.5. The zero-order valence-corrected chi connectivity index (χ0v) is 11.0. The van der Waals surface area contributed by atoms with E-state index in [1.54, 1.807) is 7.11 Å². The number of unbranched alkanes of at least 4 members (excludes halogenated alkanes) is 1. The molecule has 1 rings (SSSR count). The first kappa shape index (κ1) is 14.3. The van der Waals surface area contributed by atoms with Crippen LogP contribution in [0.5, 0.6) is 5.75 Å². The van der Waals surface area contributed by atoms with Crippen LogP contribution in [0.4, 0.5) is 0 Å². The van der Waals surface area contributed by atoms with Crippen molar-refractivity contribution >= 4 is 11.6 Å². The highest BCUT2D eigenvalue weighted by atomic mass is 35.5. The smallest absolute Gasteiger partial charge is 0.137 e. The van der Waals surface area contributed by atoms with Crippen molar-refractivity contribution in [3.8, 4) is 5.75 Å². The second kappa shape index (κ2) is 8.34. The molecule has 0 radical (unpaired) electrons. The maximum Gasteiger partial charge on any atom is 0.137 e. The maximum absolute atomic E-state index is 6.11. The van der Waals surface area contributed by atoms with Crippen molar-refractivity contribution in [1.82, 2.24) is 0 Å². The van der Waals surface area contributed by atoms with Gasteiger partial charge >= 0.3 is 0 Å². The van der Waals surface area contributed by atoms with E-state index >= 15 is 0 Å². The molecule has 1 aromatic rings. The minimum atomic E-state index is 0.632. The molecule has 1 aromatic carbocycles. The topological polar surface area (TPSA) is 44.5 Å².